The number of nitrogens with one attached hydrogen (secondary N) is 1. The second-order valence-corrected chi connectivity index (χ2v) is 13.4. The summed E-state index contributed by atoms with van der Waals surface area (Å²) in [5.41, 5.74) is 11.6. The van der Waals surface area contributed by atoms with Gasteiger partial charge in [0, 0.05) is 27.5 Å². The highest BCUT2D eigenvalue weighted by Gasteiger charge is 2.24. The van der Waals surface area contributed by atoms with Crippen LogP contribution in [0.5, 0.6) is 0 Å². The lowest BCUT2D eigenvalue weighted by Crippen LogP contribution is -2.33. The molecule has 4 heteroatoms. The van der Waals surface area contributed by atoms with Gasteiger partial charge >= 0.3 is 0 Å². The largest absolute Gasteiger partial charge is 0.455 e. The molecule has 0 aliphatic carbocycles. The van der Waals surface area contributed by atoms with Crippen molar-refractivity contribution in [3.63, 3.8) is 0 Å². The number of nitrogens with zero attached hydrogens (tertiary/aromatic N) is 2. The minimum Gasteiger partial charge on any atom is -0.455 e. The van der Waals surface area contributed by atoms with Gasteiger partial charge in [0.1, 0.15) is 23.2 Å². The first-order chi connectivity index (χ1) is 26.2. The summed E-state index contributed by atoms with van der Waals surface area (Å²) >= 11 is 0. The molecule has 1 aromatic heterocycles. The Labute approximate surface area is 307 Å². The van der Waals surface area contributed by atoms with E-state index in [1.54, 1.807) is 0 Å². The van der Waals surface area contributed by atoms with Gasteiger partial charge in [-0.15, -0.1) is 0 Å². The van der Waals surface area contributed by atoms with Crippen LogP contribution in [0.15, 0.2) is 202 Å². The molecule has 0 fully saturated rings. The van der Waals surface area contributed by atoms with E-state index < -0.39 is 0 Å². The fraction of sp³-hybridized carbons (Fsp3) is 0.0204. The average Bonchev–Trinajstić information content (AvgIpc) is 3.63. The van der Waals surface area contributed by atoms with Crippen LogP contribution in [-0.2, 0) is 0 Å². The van der Waals surface area contributed by atoms with Gasteiger partial charge in [-0.1, -0.05) is 176 Å². The van der Waals surface area contributed by atoms with Crippen molar-refractivity contribution in [2.24, 2.45) is 9.98 Å². The van der Waals surface area contributed by atoms with E-state index in [9.17, 15) is 0 Å². The first-order valence-electron chi connectivity index (χ1n) is 17.9. The van der Waals surface area contributed by atoms with Crippen LogP contribution in [0.25, 0.3) is 66.1 Å². The molecule has 0 saturated carbocycles. The summed E-state index contributed by atoms with van der Waals surface area (Å²) < 4.78 is 6.68. The molecular weight excluding hydrogens is 647 g/mol. The van der Waals surface area contributed by atoms with Crippen LogP contribution in [0.3, 0.4) is 0 Å². The number of fused-ring (bicyclic) bond motifs is 4. The number of hydrogen-bond donors (Lipinski definition) is 1. The SMILES string of the molecule is c1ccc(-c2ccc(-c3ccc(C4=NC(c5ccccc5)NC(c5cccc6oc7c(-c8ccc9ccccc9c8)cccc7c56)=N4)cc3)cc2)cc1. The number of amidine groups is 2. The van der Waals surface area contributed by atoms with Crippen molar-refractivity contribution in [1.29, 1.82) is 0 Å². The van der Waals surface area contributed by atoms with E-state index in [-0.39, 0.29) is 6.17 Å². The molecule has 4 nitrogen and oxygen atoms in total. The maximum atomic E-state index is 6.68. The van der Waals surface area contributed by atoms with E-state index in [1.807, 2.05) is 36.4 Å². The third kappa shape index (κ3) is 5.67. The first-order valence-corrected chi connectivity index (χ1v) is 17.9. The van der Waals surface area contributed by atoms with E-state index in [1.165, 1.54) is 21.9 Å². The van der Waals surface area contributed by atoms with Gasteiger partial charge in [-0.3, -0.25) is 0 Å². The lowest BCUT2D eigenvalue weighted by molar-refractivity contribution is 0.668. The number of rotatable bonds is 6. The topological polar surface area (TPSA) is 49.9 Å². The Hall–Kier alpha value is -7.04. The fourth-order valence-electron chi connectivity index (χ4n) is 7.45. The van der Waals surface area contributed by atoms with E-state index in [0.717, 1.165) is 66.7 Å². The fourth-order valence-corrected chi connectivity index (χ4v) is 7.45. The highest BCUT2D eigenvalue weighted by molar-refractivity contribution is 6.22. The van der Waals surface area contributed by atoms with Crippen molar-refractivity contribution < 1.29 is 4.42 Å². The van der Waals surface area contributed by atoms with Gasteiger partial charge in [0.15, 0.2) is 5.84 Å². The van der Waals surface area contributed by atoms with Gasteiger partial charge in [-0.05, 0) is 56.3 Å². The predicted octanol–water partition coefficient (Wildman–Crippen LogP) is 12.2. The molecule has 1 atom stereocenters. The van der Waals surface area contributed by atoms with E-state index in [2.05, 4.69) is 157 Å². The van der Waals surface area contributed by atoms with Crippen LogP contribution in [0, 0.1) is 0 Å². The minimum absolute atomic E-state index is 0.314. The first kappa shape index (κ1) is 30.8. The lowest BCUT2D eigenvalue weighted by atomic mass is 9.98. The molecule has 0 bridgehead atoms. The van der Waals surface area contributed by atoms with Gasteiger partial charge in [0.25, 0.3) is 0 Å². The van der Waals surface area contributed by atoms with Crippen molar-refractivity contribution >= 4 is 44.4 Å². The molecule has 0 radical (unpaired) electrons. The molecule has 53 heavy (non-hydrogen) atoms. The normalized spacial score (nSPS) is 14.2. The summed E-state index contributed by atoms with van der Waals surface area (Å²) in [6.45, 7) is 0. The third-order valence-corrected chi connectivity index (χ3v) is 10.2. The Morgan fingerprint density at radius 2 is 1.04 bits per heavy atom. The Bertz CT molecular complexity index is 2830. The van der Waals surface area contributed by atoms with Crippen LogP contribution < -0.4 is 5.32 Å². The maximum absolute atomic E-state index is 6.68. The lowest BCUT2D eigenvalue weighted by Gasteiger charge is -2.24. The second-order valence-electron chi connectivity index (χ2n) is 13.4. The van der Waals surface area contributed by atoms with E-state index in [0.29, 0.717) is 5.84 Å². The molecule has 1 aliphatic heterocycles. The molecule has 1 unspecified atom stereocenters. The van der Waals surface area contributed by atoms with E-state index >= 15 is 0 Å². The minimum atomic E-state index is -0.314. The molecule has 9 aromatic rings. The highest BCUT2D eigenvalue weighted by Crippen LogP contribution is 2.39. The molecule has 0 spiro atoms. The van der Waals surface area contributed by atoms with Crippen molar-refractivity contribution in [3.8, 4) is 33.4 Å². The summed E-state index contributed by atoms with van der Waals surface area (Å²) in [6.07, 6.45) is -0.314. The number of hydrogen-bond acceptors (Lipinski definition) is 4. The summed E-state index contributed by atoms with van der Waals surface area (Å²) in [7, 11) is 0. The third-order valence-electron chi connectivity index (χ3n) is 10.2. The zero-order valence-corrected chi connectivity index (χ0v) is 28.8. The molecule has 250 valence electrons. The molecule has 10 rings (SSSR count). The monoisotopic (exact) mass is 679 g/mol. The van der Waals surface area contributed by atoms with Crippen molar-refractivity contribution in [1.82, 2.24) is 5.32 Å². The van der Waals surface area contributed by atoms with Gasteiger partial charge in [-0.25, -0.2) is 9.98 Å². The van der Waals surface area contributed by atoms with Crippen LogP contribution in [0.4, 0.5) is 0 Å². The zero-order valence-electron chi connectivity index (χ0n) is 28.8. The van der Waals surface area contributed by atoms with Crippen molar-refractivity contribution in [3.05, 3.63) is 205 Å². The van der Waals surface area contributed by atoms with Crippen molar-refractivity contribution in [2.75, 3.05) is 0 Å². The molecule has 1 N–H and O–H groups in total. The molecule has 8 aromatic carbocycles. The standard InChI is InChI=1S/C49H33N3O/c1-3-11-32(12-4-1)34-21-23-35(24-22-34)36-25-28-38(29-26-36)48-50-47(37-14-5-2-6-15-37)51-49(52-48)43-19-10-20-44-45(43)42-18-9-17-41(46(42)53-44)40-30-27-33-13-7-8-16-39(33)31-40/h1-31,47H,(H,50,51,52). The maximum Gasteiger partial charge on any atom is 0.159 e. The number of aliphatic imine (C=N–C) groups is 2. The van der Waals surface area contributed by atoms with Crippen LogP contribution in [0.2, 0.25) is 0 Å². The quantitative estimate of drug-likeness (QED) is 0.190. The summed E-state index contributed by atoms with van der Waals surface area (Å²) in [4.78, 5) is 10.4. The van der Waals surface area contributed by atoms with Gasteiger partial charge in [0.05, 0.1) is 0 Å². The molecular formula is C49H33N3O. The molecule has 2 heterocycles. The zero-order chi connectivity index (χ0) is 35.1. The Morgan fingerprint density at radius 1 is 0.453 bits per heavy atom. The summed E-state index contributed by atoms with van der Waals surface area (Å²) in [5.74, 6) is 1.44. The number of benzene rings is 8. The smallest absolute Gasteiger partial charge is 0.159 e. The van der Waals surface area contributed by atoms with Crippen LogP contribution in [-0.4, -0.2) is 11.7 Å². The Morgan fingerprint density at radius 3 is 1.77 bits per heavy atom. The second kappa shape index (κ2) is 12.9. The molecule has 1 aliphatic rings. The van der Waals surface area contributed by atoms with Gasteiger partial charge in [-0.2, -0.15) is 0 Å². The average molecular weight is 680 g/mol. The number of para-hydroxylation sites is 1. The van der Waals surface area contributed by atoms with Gasteiger partial charge in [0.2, 0.25) is 0 Å². The Balaban J connectivity index is 1.05. The van der Waals surface area contributed by atoms with Gasteiger partial charge < -0.3 is 9.73 Å². The van der Waals surface area contributed by atoms with E-state index in [4.69, 9.17) is 14.4 Å². The molecule has 0 saturated heterocycles. The van der Waals surface area contributed by atoms with Crippen LogP contribution >= 0.6 is 0 Å². The molecule has 0 amide bonds. The number of furan rings is 1. The Kier molecular flexibility index (Phi) is 7.51. The summed E-state index contributed by atoms with van der Waals surface area (Å²) in [5, 5.41) is 8.17. The summed E-state index contributed by atoms with van der Waals surface area (Å²) in [6, 6.07) is 65.8. The van der Waals surface area contributed by atoms with Crippen LogP contribution in [0.1, 0.15) is 22.9 Å². The van der Waals surface area contributed by atoms with Crippen molar-refractivity contribution in [2.45, 2.75) is 6.17 Å². The predicted molar refractivity (Wildman–Crippen MR) is 219 cm³/mol. The highest BCUT2D eigenvalue weighted by atomic mass is 16.3.